The zero-order valence-corrected chi connectivity index (χ0v) is 12.2. The molecule has 0 spiro atoms. The number of carbonyl (C=O) groups is 2. The predicted octanol–water partition coefficient (Wildman–Crippen LogP) is -0.263. The number of halogens is 2. The van der Waals surface area contributed by atoms with Crippen molar-refractivity contribution in [1.82, 2.24) is 15.5 Å². The second kappa shape index (κ2) is 5.84. The summed E-state index contributed by atoms with van der Waals surface area (Å²) in [4.78, 5) is 24.5. The molecule has 2 saturated heterocycles. The van der Waals surface area contributed by atoms with E-state index in [1.165, 1.54) is 0 Å². The summed E-state index contributed by atoms with van der Waals surface area (Å²) < 4.78 is 33.0. The lowest BCUT2D eigenvalue weighted by Crippen LogP contribution is -2.56. The van der Waals surface area contributed by atoms with E-state index in [9.17, 15) is 18.4 Å². The Morgan fingerprint density at radius 2 is 1.95 bits per heavy atom. The van der Waals surface area contributed by atoms with Crippen LogP contribution in [-0.4, -0.2) is 67.1 Å². The molecule has 0 aromatic carbocycles. The predicted molar refractivity (Wildman–Crippen MR) is 71.0 cm³/mol. The third kappa shape index (κ3) is 3.68. The number of hydrogen-bond donors (Lipinski definition) is 2. The van der Waals surface area contributed by atoms with Crippen LogP contribution in [0.5, 0.6) is 0 Å². The summed E-state index contributed by atoms with van der Waals surface area (Å²) >= 11 is 0. The Morgan fingerprint density at radius 1 is 1.33 bits per heavy atom. The van der Waals surface area contributed by atoms with E-state index < -0.39 is 23.8 Å². The molecule has 0 bridgehead atoms. The van der Waals surface area contributed by atoms with E-state index in [4.69, 9.17) is 4.74 Å². The van der Waals surface area contributed by atoms with E-state index in [1.54, 1.807) is 0 Å². The number of hydrogen-bond acceptors (Lipinski definition) is 4. The largest absolute Gasteiger partial charge is 0.400 e. The Bertz CT molecular complexity index is 423. The fourth-order valence-electron chi connectivity index (χ4n) is 2.60. The number of nitrogens with one attached hydrogen (secondary N) is 2. The van der Waals surface area contributed by atoms with Crippen LogP contribution in [0.3, 0.4) is 0 Å². The lowest BCUT2D eigenvalue weighted by molar-refractivity contribution is -0.170. The number of alkyl halides is 2. The van der Waals surface area contributed by atoms with Gasteiger partial charge in [-0.25, -0.2) is 0 Å². The summed E-state index contributed by atoms with van der Waals surface area (Å²) in [6.07, 6.45) is 0.542. The number of carbonyl (C=O) groups excluding carboxylic acids is 2. The third-order valence-corrected chi connectivity index (χ3v) is 3.77. The van der Waals surface area contributed by atoms with Crippen molar-refractivity contribution in [3.8, 4) is 0 Å². The minimum atomic E-state index is -4.04. The smallest absolute Gasteiger partial charge is 0.378 e. The van der Waals surface area contributed by atoms with E-state index in [0.29, 0.717) is 13.0 Å². The molecule has 2 heterocycles. The average Bonchev–Trinajstić information content (AvgIpc) is 2.78. The van der Waals surface area contributed by atoms with Gasteiger partial charge in [-0.2, -0.15) is 8.78 Å². The number of nitrogens with zero attached hydrogens (tertiary/aromatic N) is 1. The van der Waals surface area contributed by atoms with Crippen LogP contribution in [0.25, 0.3) is 0 Å². The van der Waals surface area contributed by atoms with Gasteiger partial charge < -0.3 is 20.3 Å². The van der Waals surface area contributed by atoms with Crippen molar-refractivity contribution in [2.24, 2.45) is 0 Å². The molecule has 2 aliphatic heterocycles. The Hall–Kier alpha value is -1.28. The van der Waals surface area contributed by atoms with Crippen molar-refractivity contribution < 1.29 is 23.1 Å². The molecule has 120 valence electrons. The Balaban J connectivity index is 1.94. The highest BCUT2D eigenvalue weighted by atomic mass is 19.3. The van der Waals surface area contributed by atoms with Crippen LogP contribution in [-0.2, 0) is 14.3 Å². The van der Waals surface area contributed by atoms with Gasteiger partial charge in [0.05, 0.1) is 13.2 Å². The van der Waals surface area contributed by atoms with Gasteiger partial charge in [-0.05, 0) is 20.3 Å². The van der Waals surface area contributed by atoms with E-state index >= 15 is 0 Å². The topological polar surface area (TPSA) is 70.7 Å². The molecule has 2 fully saturated rings. The first-order valence-corrected chi connectivity index (χ1v) is 7.03. The highest BCUT2D eigenvalue weighted by Crippen LogP contribution is 2.22. The molecule has 2 amide bonds. The average molecular weight is 305 g/mol. The summed E-state index contributed by atoms with van der Waals surface area (Å²) in [7, 11) is 0. The van der Waals surface area contributed by atoms with Crippen molar-refractivity contribution in [1.29, 1.82) is 0 Å². The third-order valence-electron chi connectivity index (χ3n) is 3.77. The standard InChI is InChI=1S/C13H21F2N3O3/c1-12(2)7-9(8-16-12)17-10(19)13(14,15)11(20)18-3-5-21-6-4-18/h9,16H,3-8H2,1-2H3,(H,17,19). The normalized spacial score (nSPS) is 25.7. The number of amides is 2. The van der Waals surface area contributed by atoms with E-state index in [-0.39, 0.29) is 31.8 Å². The fourth-order valence-corrected chi connectivity index (χ4v) is 2.60. The van der Waals surface area contributed by atoms with Crippen LogP contribution in [0.2, 0.25) is 0 Å². The van der Waals surface area contributed by atoms with Gasteiger partial charge in [0.1, 0.15) is 0 Å². The molecule has 0 aliphatic carbocycles. The summed E-state index contributed by atoms with van der Waals surface area (Å²) in [5.74, 6) is -7.01. The molecule has 6 nitrogen and oxygen atoms in total. The van der Waals surface area contributed by atoms with Gasteiger partial charge in [0.25, 0.3) is 0 Å². The summed E-state index contributed by atoms with van der Waals surface area (Å²) in [5.41, 5.74) is -0.207. The summed E-state index contributed by atoms with van der Waals surface area (Å²) in [5, 5.41) is 5.39. The highest BCUT2D eigenvalue weighted by molar-refractivity contribution is 6.06. The highest BCUT2D eigenvalue weighted by Gasteiger charge is 2.51. The van der Waals surface area contributed by atoms with Crippen LogP contribution in [0.1, 0.15) is 20.3 Å². The minimum Gasteiger partial charge on any atom is -0.378 e. The van der Waals surface area contributed by atoms with Gasteiger partial charge in [0.15, 0.2) is 0 Å². The zero-order valence-electron chi connectivity index (χ0n) is 12.2. The van der Waals surface area contributed by atoms with Gasteiger partial charge in [-0.15, -0.1) is 0 Å². The molecule has 0 radical (unpaired) electrons. The Labute approximate surface area is 122 Å². The lowest BCUT2D eigenvalue weighted by atomic mass is 10.0. The van der Waals surface area contributed by atoms with Gasteiger partial charge in [0.2, 0.25) is 0 Å². The van der Waals surface area contributed by atoms with Gasteiger partial charge >= 0.3 is 17.7 Å². The maximum absolute atomic E-state index is 14.0. The zero-order chi connectivity index (χ0) is 15.7. The van der Waals surface area contributed by atoms with Gasteiger partial charge in [-0.3, -0.25) is 9.59 Å². The molecule has 2 aliphatic rings. The molecule has 0 aromatic heterocycles. The quantitative estimate of drug-likeness (QED) is 0.705. The SMILES string of the molecule is CC1(C)CC(NC(=O)C(F)(F)C(=O)N2CCOCC2)CN1. The monoisotopic (exact) mass is 305 g/mol. The summed E-state index contributed by atoms with van der Waals surface area (Å²) in [6.45, 7) is 4.86. The molecule has 1 unspecified atom stereocenters. The maximum Gasteiger partial charge on any atom is 0.400 e. The van der Waals surface area contributed by atoms with Crippen molar-refractivity contribution in [2.75, 3.05) is 32.8 Å². The van der Waals surface area contributed by atoms with E-state index in [1.807, 2.05) is 13.8 Å². The molecule has 21 heavy (non-hydrogen) atoms. The summed E-state index contributed by atoms with van der Waals surface area (Å²) in [6, 6.07) is -0.393. The number of morpholine rings is 1. The molecule has 1 atom stereocenters. The molecular formula is C13H21F2N3O3. The maximum atomic E-state index is 14.0. The van der Waals surface area contributed by atoms with E-state index in [0.717, 1.165) is 4.90 Å². The van der Waals surface area contributed by atoms with Gasteiger partial charge in [-0.1, -0.05) is 0 Å². The molecule has 0 saturated carbocycles. The molecule has 0 aromatic rings. The van der Waals surface area contributed by atoms with Crippen molar-refractivity contribution >= 4 is 11.8 Å². The van der Waals surface area contributed by atoms with Crippen LogP contribution >= 0.6 is 0 Å². The van der Waals surface area contributed by atoms with Crippen molar-refractivity contribution in [2.45, 2.75) is 37.8 Å². The van der Waals surface area contributed by atoms with Gasteiger partial charge in [0, 0.05) is 31.2 Å². The molecular weight excluding hydrogens is 284 g/mol. The Kier molecular flexibility index (Phi) is 4.48. The van der Waals surface area contributed by atoms with Crippen LogP contribution in [0.4, 0.5) is 8.78 Å². The van der Waals surface area contributed by atoms with Crippen LogP contribution < -0.4 is 10.6 Å². The Morgan fingerprint density at radius 3 is 2.48 bits per heavy atom. The first-order valence-electron chi connectivity index (χ1n) is 7.03. The van der Waals surface area contributed by atoms with Crippen LogP contribution in [0.15, 0.2) is 0 Å². The van der Waals surface area contributed by atoms with Crippen molar-refractivity contribution in [3.63, 3.8) is 0 Å². The molecule has 2 rings (SSSR count). The number of rotatable bonds is 3. The number of ether oxygens (including phenoxy) is 1. The molecule has 2 N–H and O–H groups in total. The lowest BCUT2D eigenvalue weighted by Gasteiger charge is -2.30. The van der Waals surface area contributed by atoms with E-state index in [2.05, 4.69) is 10.6 Å². The fraction of sp³-hybridized carbons (Fsp3) is 0.846. The minimum absolute atomic E-state index is 0.0831. The second-order valence-electron chi connectivity index (χ2n) is 6.12. The van der Waals surface area contributed by atoms with Crippen LogP contribution in [0, 0.1) is 0 Å². The molecule has 8 heteroatoms. The first kappa shape index (κ1) is 16.1. The first-order chi connectivity index (χ1) is 9.72. The second-order valence-corrected chi connectivity index (χ2v) is 6.12. The van der Waals surface area contributed by atoms with Crippen molar-refractivity contribution in [3.05, 3.63) is 0 Å².